The molecule has 1 aromatic heterocycles. The first kappa shape index (κ1) is 10.2. The Balaban J connectivity index is 3.35. The van der Waals surface area contributed by atoms with Gasteiger partial charge in [0.1, 0.15) is 5.69 Å². The largest absolute Gasteiger partial charge is 0.381 e. The highest BCUT2D eigenvalue weighted by atomic mass is 19.3. The summed E-state index contributed by atoms with van der Waals surface area (Å²) in [5.41, 5.74) is 2.85. The molecule has 0 spiro atoms. The summed E-state index contributed by atoms with van der Waals surface area (Å²) in [6.07, 6.45) is -3.03. The molecule has 0 radical (unpaired) electrons. The van der Waals surface area contributed by atoms with Gasteiger partial charge in [0.25, 0.3) is 6.43 Å². The number of pyridine rings is 1. The third kappa shape index (κ3) is 1.73. The van der Waals surface area contributed by atoms with Crippen molar-refractivity contribution in [1.82, 2.24) is 4.98 Å². The number of aromatic nitrogens is 1. The van der Waals surface area contributed by atoms with E-state index >= 15 is 0 Å². The first-order chi connectivity index (χ1) is 6.43. The highest BCUT2D eigenvalue weighted by Crippen LogP contribution is 2.26. The summed E-state index contributed by atoms with van der Waals surface area (Å²) < 4.78 is 36.9. The smallest absolute Gasteiger partial charge is 0.310 e. The van der Waals surface area contributed by atoms with Gasteiger partial charge in [-0.1, -0.05) is 0 Å². The Morgan fingerprint density at radius 3 is 2.57 bits per heavy atom. The number of rotatable bonds is 2. The molecule has 8 heteroatoms. The zero-order valence-corrected chi connectivity index (χ0v) is 6.58. The highest BCUT2D eigenvalue weighted by Gasteiger charge is 2.23. The van der Waals surface area contributed by atoms with Crippen LogP contribution in [0, 0.1) is 15.9 Å². The molecule has 1 rings (SSSR count). The van der Waals surface area contributed by atoms with Crippen LogP contribution in [0.4, 0.5) is 24.7 Å². The second-order valence-electron chi connectivity index (χ2n) is 2.32. The number of alkyl halides is 2. The molecule has 0 saturated carbocycles. The lowest BCUT2D eigenvalue weighted by Crippen LogP contribution is -2.04. The lowest BCUT2D eigenvalue weighted by Gasteiger charge is -2.01. The molecule has 0 amide bonds. The average Bonchev–Trinajstić information content (AvgIpc) is 2.08. The van der Waals surface area contributed by atoms with Crippen LogP contribution in [0.15, 0.2) is 6.07 Å². The molecule has 1 aromatic rings. The van der Waals surface area contributed by atoms with E-state index in [9.17, 15) is 23.3 Å². The Hall–Kier alpha value is -1.86. The van der Waals surface area contributed by atoms with E-state index in [-0.39, 0.29) is 0 Å². The van der Waals surface area contributed by atoms with Crippen LogP contribution in [-0.4, -0.2) is 9.91 Å². The number of nitrogen functional groups attached to an aromatic ring is 1. The summed E-state index contributed by atoms with van der Waals surface area (Å²) in [5, 5.41) is 10.2. The fourth-order valence-corrected chi connectivity index (χ4v) is 0.800. The molecule has 0 aliphatic carbocycles. The maximum atomic E-state index is 12.8. The lowest BCUT2D eigenvalue weighted by atomic mass is 10.3. The Morgan fingerprint density at radius 1 is 1.57 bits per heavy atom. The van der Waals surface area contributed by atoms with E-state index in [1.54, 1.807) is 0 Å². The van der Waals surface area contributed by atoms with E-state index in [2.05, 4.69) is 4.98 Å². The monoisotopic (exact) mass is 207 g/mol. The van der Waals surface area contributed by atoms with E-state index in [4.69, 9.17) is 5.73 Å². The van der Waals surface area contributed by atoms with Gasteiger partial charge in [0.2, 0.25) is 5.82 Å². The van der Waals surface area contributed by atoms with Gasteiger partial charge >= 0.3 is 5.69 Å². The van der Waals surface area contributed by atoms with Gasteiger partial charge in [0.15, 0.2) is 5.82 Å². The predicted octanol–water partition coefficient (Wildman–Crippen LogP) is 1.65. The van der Waals surface area contributed by atoms with Crippen LogP contribution in [0.3, 0.4) is 0 Å². The Labute approximate surface area is 75.5 Å². The van der Waals surface area contributed by atoms with E-state index in [0.29, 0.717) is 6.07 Å². The van der Waals surface area contributed by atoms with Crippen molar-refractivity contribution in [1.29, 1.82) is 0 Å². The minimum Gasteiger partial charge on any atom is -0.381 e. The van der Waals surface area contributed by atoms with Gasteiger partial charge in [-0.15, -0.1) is 0 Å². The maximum absolute atomic E-state index is 12.8. The first-order valence-electron chi connectivity index (χ1n) is 3.32. The molecule has 5 nitrogen and oxygen atoms in total. The number of nitro groups is 1. The second kappa shape index (κ2) is 3.48. The van der Waals surface area contributed by atoms with Gasteiger partial charge in [0.05, 0.1) is 4.92 Å². The maximum Gasteiger partial charge on any atom is 0.310 e. The van der Waals surface area contributed by atoms with Crippen molar-refractivity contribution in [2.45, 2.75) is 6.43 Å². The number of anilines is 1. The van der Waals surface area contributed by atoms with Crippen LogP contribution in [0.2, 0.25) is 0 Å². The Morgan fingerprint density at radius 2 is 2.14 bits per heavy atom. The molecule has 0 atom stereocenters. The normalized spacial score (nSPS) is 10.6. The third-order valence-corrected chi connectivity index (χ3v) is 1.40. The number of nitrogens with two attached hydrogens (primary N) is 1. The molecule has 76 valence electrons. The minimum absolute atomic E-state index is 0.357. The molecule has 14 heavy (non-hydrogen) atoms. The molecule has 0 aliphatic rings. The van der Waals surface area contributed by atoms with Crippen molar-refractivity contribution in [3.63, 3.8) is 0 Å². The standard InChI is InChI=1S/C6H4F3N3O2/c7-4-3(12(13)14)1-2(5(8)9)11-6(4)10/h1,5H,(H2,10,11). The summed E-state index contributed by atoms with van der Waals surface area (Å²) in [5.74, 6) is -2.31. The molecule has 0 aromatic carbocycles. The molecular weight excluding hydrogens is 203 g/mol. The molecule has 0 aliphatic heterocycles. The first-order valence-corrected chi connectivity index (χ1v) is 3.32. The van der Waals surface area contributed by atoms with E-state index in [0.717, 1.165) is 0 Å². The molecule has 0 bridgehead atoms. The summed E-state index contributed by atoms with van der Waals surface area (Å²) in [6.45, 7) is 0. The molecule has 0 unspecified atom stereocenters. The predicted molar refractivity (Wildman–Crippen MR) is 40.2 cm³/mol. The van der Waals surface area contributed by atoms with Crippen LogP contribution < -0.4 is 5.73 Å². The van der Waals surface area contributed by atoms with Gasteiger partial charge < -0.3 is 5.73 Å². The van der Waals surface area contributed by atoms with Crippen LogP contribution in [0.25, 0.3) is 0 Å². The third-order valence-electron chi connectivity index (χ3n) is 1.40. The van der Waals surface area contributed by atoms with Gasteiger partial charge in [-0.3, -0.25) is 10.1 Å². The minimum atomic E-state index is -3.03. The van der Waals surface area contributed by atoms with Crippen molar-refractivity contribution in [2.24, 2.45) is 0 Å². The van der Waals surface area contributed by atoms with Gasteiger partial charge in [-0.05, 0) is 0 Å². The number of hydrogen-bond donors (Lipinski definition) is 1. The summed E-state index contributed by atoms with van der Waals surface area (Å²) in [6, 6.07) is 0.357. The molecule has 0 saturated heterocycles. The Kier molecular flexibility index (Phi) is 2.54. The SMILES string of the molecule is Nc1nc(C(F)F)cc([N+](=O)[O-])c1F. The zero-order valence-electron chi connectivity index (χ0n) is 6.58. The summed E-state index contributed by atoms with van der Waals surface area (Å²) >= 11 is 0. The van der Waals surface area contributed by atoms with Crippen molar-refractivity contribution >= 4 is 11.5 Å². The molecular formula is C6H4F3N3O2. The quantitative estimate of drug-likeness (QED) is 0.590. The van der Waals surface area contributed by atoms with Crippen molar-refractivity contribution < 1.29 is 18.1 Å². The van der Waals surface area contributed by atoms with Crippen molar-refractivity contribution in [3.05, 3.63) is 27.7 Å². The zero-order chi connectivity index (χ0) is 10.9. The number of nitrogens with zero attached hydrogens (tertiary/aromatic N) is 2. The second-order valence-corrected chi connectivity index (χ2v) is 2.32. The fourth-order valence-electron chi connectivity index (χ4n) is 0.800. The van der Waals surface area contributed by atoms with Crippen molar-refractivity contribution in [2.75, 3.05) is 5.73 Å². The molecule has 0 fully saturated rings. The van der Waals surface area contributed by atoms with E-state index < -0.39 is 34.4 Å². The summed E-state index contributed by atoms with van der Waals surface area (Å²) in [7, 11) is 0. The van der Waals surface area contributed by atoms with E-state index in [1.807, 2.05) is 0 Å². The molecule has 2 N–H and O–H groups in total. The van der Waals surface area contributed by atoms with Crippen LogP contribution in [0.5, 0.6) is 0 Å². The van der Waals surface area contributed by atoms with Crippen LogP contribution in [-0.2, 0) is 0 Å². The average molecular weight is 207 g/mol. The van der Waals surface area contributed by atoms with Gasteiger partial charge in [0, 0.05) is 6.07 Å². The summed E-state index contributed by atoms with van der Waals surface area (Å²) in [4.78, 5) is 12.0. The fraction of sp³-hybridized carbons (Fsp3) is 0.167. The van der Waals surface area contributed by atoms with Gasteiger partial charge in [-0.25, -0.2) is 13.8 Å². The topological polar surface area (TPSA) is 82.0 Å². The van der Waals surface area contributed by atoms with Gasteiger partial charge in [-0.2, -0.15) is 4.39 Å². The highest BCUT2D eigenvalue weighted by molar-refractivity contribution is 5.45. The number of halogens is 3. The van der Waals surface area contributed by atoms with Crippen LogP contribution in [0.1, 0.15) is 12.1 Å². The van der Waals surface area contributed by atoms with Crippen LogP contribution >= 0.6 is 0 Å². The van der Waals surface area contributed by atoms with Crippen molar-refractivity contribution in [3.8, 4) is 0 Å². The Bertz CT molecular complexity index is 383. The lowest BCUT2D eigenvalue weighted by molar-refractivity contribution is -0.387. The molecule has 1 heterocycles. The number of hydrogen-bond acceptors (Lipinski definition) is 4. The van der Waals surface area contributed by atoms with E-state index in [1.165, 1.54) is 0 Å².